The van der Waals surface area contributed by atoms with Gasteiger partial charge in [-0.1, -0.05) is 19.9 Å². The number of nitrogens with zero attached hydrogens (tertiary/aromatic N) is 2. The zero-order valence-corrected chi connectivity index (χ0v) is 13.3. The highest BCUT2D eigenvalue weighted by Crippen LogP contribution is 2.28. The van der Waals surface area contributed by atoms with Gasteiger partial charge in [0, 0.05) is 28.9 Å². The van der Waals surface area contributed by atoms with Crippen LogP contribution in [-0.4, -0.2) is 23.1 Å². The Morgan fingerprint density at radius 2 is 1.90 bits per heavy atom. The lowest BCUT2D eigenvalue weighted by Crippen LogP contribution is -2.27. The lowest BCUT2D eigenvalue weighted by atomic mass is 9.91. The van der Waals surface area contributed by atoms with Crippen molar-refractivity contribution in [3.63, 3.8) is 0 Å². The summed E-state index contributed by atoms with van der Waals surface area (Å²) in [6, 6.07) is 4.28. The highest BCUT2D eigenvalue weighted by Gasteiger charge is 2.22. The van der Waals surface area contributed by atoms with Gasteiger partial charge in [-0.05, 0) is 25.3 Å². The van der Waals surface area contributed by atoms with Crippen molar-refractivity contribution in [2.75, 3.05) is 23.7 Å². The van der Waals surface area contributed by atoms with Crippen LogP contribution in [0.25, 0.3) is 0 Å². The molecule has 0 radical (unpaired) electrons. The molecule has 2 rings (SSSR count). The van der Waals surface area contributed by atoms with Gasteiger partial charge in [-0.3, -0.25) is 0 Å². The van der Waals surface area contributed by atoms with Gasteiger partial charge in [0.05, 0.1) is 0 Å². The summed E-state index contributed by atoms with van der Waals surface area (Å²) in [6.07, 6.45) is 1.60. The first-order valence-corrected chi connectivity index (χ1v) is 7.76. The number of anilines is 2. The van der Waals surface area contributed by atoms with Gasteiger partial charge in [0.15, 0.2) is 0 Å². The Morgan fingerprint density at radius 1 is 1.20 bits per heavy atom. The highest BCUT2D eigenvalue weighted by atomic mass is 32.1. The van der Waals surface area contributed by atoms with E-state index in [0.717, 1.165) is 30.3 Å². The van der Waals surface area contributed by atoms with Crippen LogP contribution in [0.15, 0.2) is 23.8 Å². The normalized spacial score (nSPS) is 11.4. The van der Waals surface area contributed by atoms with E-state index in [2.05, 4.69) is 58.9 Å². The smallest absolute Gasteiger partial charge is 0.134 e. The molecule has 0 aromatic carbocycles. The molecular weight excluding hydrogens is 268 g/mol. The Balaban J connectivity index is 2.09. The van der Waals surface area contributed by atoms with Gasteiger partial charge in [0.2, 0.25) is 0 Å². The van der Waals surface area contributed by atoms with Crippen molar-refractivity contribution in [3.8, 4) is 0 Å². The minimum Gasteiger partial charge on any atom is -0.370 e. The molecule has 4 nitrogen and oxygen atoms in total. The van der Waals surface area contributed by atoms with Gasteiger partial charge in [-0.25, -0.2) is 9.97 Å². The fraction of sp³-hybridized carbons (Fsp3) is 0.467. The fourth-order valence-electron chi connectivity index (χ4n) is 2.03. The van der Waals surface area contributed by atoms with Gasteiger partial charge in [-0.2, -0.15) is 0 Å². The Hall–Kier alpha value is -1.62. The van der Waals surface area contributed by atoms with Crippen LogP contribution >= 0.6 is 11.3 Å². The second kappa shape index (κ2) is 6.22. The predicted molar refractivity (Wildman–Crippen MR) is 86.8 cm³/mol. The SMILES string of the molecule is CCNc1ncnc(NCC(C)(C)c2cccs2)c1C. The summed E-state index contributed by atoms with van der Waals surface area (Å²) in [5.41, 5.74) is 1.15. The first-order chi connectivity index (χ1) is 9.54. The van der Waals surface area contributed by atoms with Gasteiger partial charge < -0.3 is 10.6 Å². The molecule has 0 aliphatic heterocycles. The van der Waals surface area contributed by atoms with Crippen LogP contribution in [0, 0.1) is 6.92 Å². The highest BCUT2D eigenvalue weighted by molar-refractivity contribution is 7.10. The van der Waals surface area contributed by atoms with E-state index in [1.54, 1.807) is 17.7 Å². The first-order valence-electron chi connectivity index (χ1n) is 6.88. The van der Waals surface area contributed by atoms with Crippen molar-refractivity contribution in [1.82, 2.24) is 9.97 Å². The van der Waals surface area contributed by atoms with E-state index in [1.165, 1.54) is 4.88 Å². The minimum atomic E-state index is 0.0872. The summed E-state index contributed by atoms with van der Waals surface area (Å²) in [6.45, 7) is 10.3. The van der Waals surface area contributed by atoms with Crippen LogP contribution < -0.4 is 10.6 Å². The number of hydrogen-bond acceptors (Lipinski definition) is 5. The maximum absolute atomic E-state index is 4.35. The third-order valence-corrected chi connectivity index (χ3v) is 4.55. The maximum Gasteiger partial charge on any atom is 0.134 e. The first kappa shape index (κ1) is 14.8. The van der Waals surface area contributed by atoms with E-state index >= 15 is 0 Å². The van der Waals surface area contributed by atoms with Gasteiger partial charge in [0.25, 0.3) is 0 Å². The van der Waals surface area contributed by atoms with Crippen LogP contribution in [0.2, 0.25) is 0 Å². The molecule has 2 N–H and O–H groups in total. The molecule has 108 valence electrons. The van der Waals surface area contributed by atoms with Crippen LogP contribution in [0.5, 0.6) is 0 Å². The van der Waals surface area contributed by atoms with Gasteiger partial charge in [0.1, 0.15) is 18.0 Å². The van der Waals surface area contributed by atoms with E-state index in [9.17, 15) is 0 Å². The summed E-state index contributed by atoms with van der Waals surface area (Å²) in [7, 11) is 0. The van der Waals surface area contributed by atoms with Crippen molar-refractivity contribution in [2.24, 2.45) is 0 Å². The van der Waals surface area contributed by atoms with E-state index in [4.69, 9.17) is 0 Å². The monoisotopic (exact) mass is 290 g/mol. The Labute approximate surface area is 124 Å². The fourth-order valence-corrected chi connectivity index (χ4v) is 2.88. The largest absolute Gasteiger partial charge is 0.370 e. The van der Waals surface area contributed by atoms with Gasteiger partial charge in [-0.15, -0.1) is 11.3 Å². The second-order valence-electron chi connectivity index (χ2n) is 5.44. The Bertz CT molecular complexity index is 549. The van der Waals surface area contributed by atoms with E-state index in [-0.39, 0.29) is 5.41 Å². The van der Waals surface area contributed by atoms with Crippen LogP contribution in [-0.2, 0) is 5.41 Å². The number of nitrogens with one attached hydrogen (secondary N) is 2. The van der Waals surface area contributed by atoms with Crippen LogP contribution in [0.1, 0.15) is 31.2 Å². The van der Waals surface area contributed by atoms with Gasteiger partial charge >= 0.3 is 0 Å². The zero-order chi connectivity index (χ0) is 14.6. The summed E-state index contributed by atoms with van der Waals surface area (Å²) < 4.78 is 0. The number of rotatable bonds is 6. The molecule has 2 aromatic heterocycles. The van der Waals surface area contributed by atoms with Crippen molar-refractivity contribution in [1.29, 1.82) is 0 Å². The quantitative estimate of drug-likeness (QED) is 0.852. The molecule has 0 unspecified atom stereocenters. The molecule has 0 atom stereocenters. The maximum atomic E-state index is 4.35. The molecule has 0 aliphatic rings. The molecular formula is C15H22N4S. The molecule has 0 saturated heterocycles. The molecule has 0 fully saturated rings. The average Bonchev–Trinajstić information content (AvgIpc) is 2.95. The molecule has 2 heterocycles. The molecule has 2 aromatic rings. The molecule has 5 heteroatoms. The number of hydrogen-bond donors (Lipinski definition) is 2. The van der Waals surface area contributed by atoms with E-state index in [0.29, 0.717) is 0 Å². The summed E-state index contributed by atoms with van der Waals surface area (Å²) in [5, 5.41) is 8.83. The lowest BCUT2D eigenvalue weighted by Gasteiger charge is -2.24. The third kappa shape index (κ3) is 3.28. The lowest BCUT2D eigenvalue weighted by molar-refractivity contribution is 0.568. The van der Waals surface area contributed by atoms with Crippen molar-refractivity contribution in [3.05, 3.63) is 34.3 Å². The predicted octanol–water partition coefficient (Wildman–Crippen LogP) is 3.67. The van der Waals surface area contributed by atoms with E-state index in [1.807, 2.05) is 6.92 Å². The molecule has 0 saturated carbocycles. The summed E-state index contributed by atoms with van der Waals surface area (Å²) in [4.78, 5) is 9.99. The average molecular weight is 290 g/mol. The molecule has 20 heavy (non-hydrogen) atoms. The zero-order valence-electron chi connectivity index (χ0n) is 12.5. The van der Waals surface area contributed by atoms with Crippen molar-refractivity contribution < 1.29 is 0 Å². The minimum absolute atomic E-state index is 0.0872. The summed E-state index contributed by atoms with van der Waals surface area (Å²) in [5.74, 6) is 1.81. The van der Waals surface area contributed by atoms with Crippen LogP contribution in [0.3, 0.4) is 0 Å². The number of thiophene rings is 1. The Morgan fingerprint density at radius 3 is 2.50 bits per heavy atom. The topological polar surface area (TPSA) is 49.8 Å². The Kier molecular flexibility index (Phi) is 4.60. The third-order valence-electron chi connectivity index (χ3n) is 3.31. The number of aromatic nitrogens is 2. The molecule has 0 amide bonds. The summed E-state index contributed by atoms with van der Waals surface area (Å²) >= 11 is 1.80. The molecule has 0 spiro atoms. The van der Waals surface area contributed by atoms with Crippen molar-refractivity contribution >= 4 is 23.0 Å². The standard InChI is InChI=1S/C15H22N4S/c1-5-16-13-11(2)14(19-10-18-13)17-9-15(3,4)12-7-6-8-20-12/h6-8,10H,5,9H2,1-4H3,(H2,16,17,18,19). The molecule has 0 aliphatic carbocycles. The molecule has 0 bridgehead atoms. The van der Waals surface area contributed by atoms with Crippen LogP contribution in [0.4, 0.5) is 11.6 Å². The second-order valence-corrected chi connectivity index (χ2v) is 6.39. The van der Waals surface area contributed by atoms with Crippen molar-refractivity contribution in [2.45, 2.75) is 33.1 Å². The van der Waals surface area contributed by atoms with E-state index < -0.39 is 0 Å².